The summed E-state index contributed by atoms with van der Waals surface area (Å²) in [6.07, 6.45) is 1.12. The number of halogens is 3. The van der Waals surface area contributed by atoms with Gasteiger partial charge >= 0.3 is 6.18 Å². The standard InChI is InChI=1S/C18H25F3N6O/c1-2-3-4-5-10-22-16(28)13-8-11-26(12-9-13)15-7-6-14-23-24-17(18(19,20)21)27(14)25-15/h6-7,13H,2-5,8-12H2,1H3,(H,22,28). The zero-order valence-corrected chi connectivity index (χ0v) is 15.9. The molecule has 2 aromatic rings. The number of hydrogen-bond donors (Lipinski definition) is 1. The summed E-state index contributed by atoms with van der Waals surface area (Å²) in [6.45, 7) is 3.98. The number of hydrogen-bond acceptors (Lipinski definition) is 5. The van der Waals surface area contributed by atoms with Gasteiger partial charge in [-0.15, -0.1) is 15.3 Å². The van der Waals surface area contributed by atoms with Gasteiger partial charge < -0.3 is 10.2 Å². The Kier molecular flexibility index (Phi) is 6.35. The minimum atomic E-state index is -4.62. The average Bonchev–Trinajstić information content (AvgIpc) is 3.11. The maximum Gasteiger partial charge on any atom is 0.453 e. The molecule has 0 aromatic carbocycles. The van der Waals surface area contributed by atoms with Crippen LogP contribution in [-0.4, -0.2) is 45.4 Å². The highest BCUT2D eigenvalue weighted by Crippen LogP contribution is 2.28. The first-order valence-corrected chi connectivity index (χ1v) is 9.72. The molecule has 0 spiro atoms. The van der Waals surface area contributed by atoms with Crippen molar-refractivity contribution >= 4 is 17.4 Å². The van der Waals surface area contributed by atoms with E-state index in [-0.39, 0.29) is 17.5 Å². The average molecular weight is 398 g/mol. The van der Waals surface area contributed by atoms with Crippen molar-refractivity contribution in [1.29, 1.82) is 0 Å². The second-order valence-corrected chi connectivity index (χ2v) is 7.10. The summed E-state index contributed by atoms with van der Waals surface area (Å²) >= 11 is 0. The van der Waals surface area contributed by atoms with Gasteiger partial charge in [-0.2, -0.15) is 17.7 Å². The van der Waals surface area contributed by atoms with E-state index in [1.807, 2.05) is 4.90 Å². The number of rotatable bonds is 7. The third-order valence-electron chi connectivity index (χ3n) is 5.02. The van der Waals surface area contributed by atoms with Crippen LogP contribution < -0.4 is 10.2 Å². The summed E-state index contributed by atoms with van der Waals surface area (Å²) in [5, 5.41) is 13.8. The van der Waals surface area contributed by atoms with Crippen molar-refractivity contribution in [3.8, 4) is 0 Å². The van der Waals surface area contributed by atoms with Gasteiger partial charge in [0.25, 0.3) is 5.82 Å². The van der Waals surface area contributed by atoms with Crippen LogP contribution in [0.15, 0.2) is 12.1 Å². The molecule has 3 rings (SSSR count). The Morgan fingerprint density at radius 3 is 2.61 bits per heavy atom. The number of carbonyl (C=O) groups excluding carboxylic acids is 1. The van der Waals surface area contributed by atoms with E-state index in [0.717, 1.165) is 23.8 Å². The third-order valence-corrected chi connectivity index (χ3v) is 5.02. The fourth-order valence-electron chi connectivity index (χ4n) is 3.40. The normalized spacial score (nSPS) is 15.9. The van der Waals surface area contributed by atoms with Crippen LogP contribution in [0.2, 0.25) is 0 Å². The summed E-state index contributed by atoms with van der Waals surface area (Å²) in [4.78, 5) is 14.2. The van der Waals surface area contributed by atoms with Gasteiger partial charge in [0.15, 0.2) is 5.65 Å². The molecule has 1 aliphatic heterocycles. The molecule has 1 amide bonds. The summed E-state index contributed by atoms with van der Waals surface area (Å²) in [7, 11) is 0. The summed E-state index contributed by atoms with van der Waals surface area (Å²) < 4.78 is 39.8. The summed E-state index contributed by atoms with van der Waals surface area (Å²) in [5.41, 5.74) is 0.0495. The van der Waals surface area contributed by atoms with E-state index in [4.69, 9.17) is 0 Å². The van der Waals surface area contributed by atoms with Crippen LogP contribution in [0, 0.1) is 5.92 Å². The zero-order valence-electron chi connectivity index (χ0n) is 15.9. The van der Waals surface area contributed by atoms with E-state index >= 15 is 0 Å². The molecule has 1 saturated heterocycles. The third kappa shape index (κ3) is 4.71. The second-order valence-electron chi connectivity index (χ2n) is 7.10. The monoisotopic (exact) mass is 398 g/mol. The number of piperidine rings is 1. The molecular weight excluding hydrogens is 373 g/mol. The molecule has 1 N–H and O–H groups in total. The predicted molar refractivity (Wildman–Crippen MR) is 97.9 cm³/mol. The van der Waals surface area contributed by atoms with Crippen molar-refractivity contribution in [3.05, 3.63) is 18.0 Å². The van der Waals surface area contributed by atoms with Crippen molar-refractivity contribution in [2.45, 2.75) is 51.6 Å². The highest BCUT2D eigenvalue weighted by atomic mass is 19.4. The van der Waals surface area contributed by atoms with E-state index in [0.29, 0.717) is 38.3 Å². The molecule has 7 nitrogen and oxygen atoms in total. The zero-order chi connectivity index (χ0) is 20.1. The lowest BCUT2D eigenvalue weighted by Gasteiger charge is -2.32. The number of alkyl halides is 3. The Morgan fingerprint density at radius 2 is 1.93 bits per heavy atom. The number of nitrogens with zero attached hydrogens (tertiary/aromatic N) is 5. The van der Waals surface area contributed by atoms with Crippen LogP contribution in [0.5, 0.6) is 0 Å². The van der Waals surface area contributed by atoms with E-state index in [1.54, 1.807) is 6.07 Å². The fraction of sp³-hybridized carbons (Fsp3) is 0.667. The Morgan fingerprint density at radius 1 is 1.18 bits per heavy atom. The highest BCUT2D eigenvalue weighted by molar-refractivity contribution is 5.78. The lowest BCUT2D eigenvalue weighted by Crippen LogP contribution is -2.41. The number of unbranched alkanes of at least 4 members (excludes halogenated alkanes) is 3. The SMILES string of the molecule is CCCCCCNC(=O)C1CCN(c2ccc3nnc(C(F)(F)F)n3n2)CC1. The first-order valence-electron chi connectivity index (χ1n) is 9.72. The van der Waals surface area contributed by atoms with Crippen LogP contribution >= 0.6 is 0 Å². The quantitative estimate of drug-likeness (QED) is 0.726. The number of amides is 1. The minimum absolute atomic E-state index is 0.0495. The molecule has 0 aliphatic carbocycles. The van der Waals surface area contributed by atoms with Gasteiger partial charge in [0.2, 0.25) is 5.91 Å². The number of nitrogens with one attached hydrogen (secondary N) is 1. The molecule has 0 radical (unpaired) electrons. The van der Waals surface area contributed by atoms with Gasteiger partial charge in [-0.05, 0) is 31.4 Å². The summed E-state index contributed by atoms with van der Waals surface area (Å²) in [5.74, 6) is -0.706. The molecule has 1 aliphatic rings. The van der Waals surface area contributed by atoms with Crippen molar-refractivity contribution in [3.63, 3.8) is 0 Å². The van der Waals surface area contributed by atoms with Crippen molar-refractivity contribution in [1.82, 2.24) is 25.1 Å². The van der Waals surface area contributed by atoms with Gasteiger partial charge in [-0.25, -0.2) is 0 Å². The van der Waals surface area contributed by atoms with Crippen LogP contribution in [0.4, 0.5) is 19.0 Å². The second kappa shape index (κ2) is 8.74. The first kappa shape index (κ1) is 20.3. The van der Waals surface area contributed by atoms with Crippen LogP contribution in [-0.2, 0) is 11.0 Å². The largest absolute Gasteiger partial charge is 0.453 e. The number of anilines is 1. The highest BCUT2D eigenvalue weighted by Gasteiger charge is 2.38. The molecule has 2 aromatic heterocycles. The maximum atomic E-state index is 13.0. The molecule has 0 atom stereocenters. The summed E-state index contributed by atoms with van der Waals surface area (Å²) in [6, 6.07) is 3.11. The van der Waals surface area contributed by atoms with Crippen LogP contribution in [0.25, 0.3) is 5.65 Å². The van der Waals surface area contributed by atoms with Crippen LogP contribution in [0.1, 0.15) is 51.3 Å². The number of aromatic nitrogens is 4. The molecule has 1 fully saturated rings. The first-order chi connectivity index (χ1) is 13.4. The predicted octanol–water partition coefficient (Wildman–Crippen LogP) is 3.06. The molecule has 0 bridgehead atoms. The minimum Gasteiger partial charge on any atom is -0.356 e. The molecule has 10 heteroatoms. The topological polar surface area (TPSA) is 75.4 Å². The Balaban J connectivity index is 1.57. The van der Waals surface area contributed by atoms with E-state index in [2.05, 4.69) is 27.5 Å². The van der Waals surface area contributed by atoms with E-state index in [9.17, 15) is 18.0 Å². The molecule has 154 valence electrons. The Labute approximate surface area is 161 Å². The molecular formula is C18H25F3N6O. The van der Waals surface area contributed by atoms with Gasteiger partial charge in [-0.3, -0.25) is 4.79 Å². The van der Waals surface area contributed by atoms with Gasteiger partial charge in [-0.1, -0.05) is 26.2 Å². The Bertz CT molecular complexity index is 798. The van der Waals surface area contributed by atoms with Crippen molar-refractivity contribution in [2.24, 2.45) is 5.92 Å². The lowest BCUT2D eigenvalue weighted by atomic mass is 9.96. The van der Waals surface area contributed by atoms with Gasteiger partial charge in [0.05, 0.1) is 0 Å². The van der Waals surface area contributed by atoms with Gasteiger partial charge in [0, 0.05) is 25.6 Å². The lowest BCUT2D eigenvalue weighted by molar-refractivity contribution is -0.146. The maximum absolute atomic E-state index is 13.0. The smallest absolute Gasteiger partial charge is 0.356 e. The molecule has 0 unspecified atom stereocenters. The van der Waals surface area contributed by atoms with Crippen molar-refractivity contribution < 1.29 is 18.0 Å². The van der Waals surface area contributed by atoms with Crippen LogP contribution in [0.3, 0.4) is 0 Å². The number of fused-ring (bicyclic) bond motifs is 1. The van der Waals surface area contributed by atoms with E-state index < -0.39 is 12.0 Å². The van der Waals surface area contributed by atoms with E-state index in [1.165, 1.54) is 12.5 Å². The molecule has 28 heavy (non-hydrogen) atoms. The number of carbonyl (C=O) groups is 1. The fourth-order valence-corrected chi connectivity index (χ4v) is 3.40. The van der Waals surface area contributed by atoms with Crippen molar-refractivity contribution in [2.75, 3.05) is 24.5 Å². The molecule has 3 heterocycles. The Hall–Kier alpha value is -2.39. The van der Waals surface area contributed by atoms with Gasteiger partial charge in [0.1, 0.15) is 5.82 Å². The molecule has 0 saturated carbocycles.